The molecule has 2 aromatic carbocycles. The summed E-state index contributed by atoms with van der Waals surface area (Å²) < 4.78 is 15.4. The second kappa shape index (κ2) is 7.65. The molecule has 1 fully saturated rings. The third-order valence-corrected chi connectivity index (χ3v) is 4.84. The first-order chi connectivity index (χ1) is 12.9. The van der Waals surface area contributed by atoms with Gasteiger partial charge in [0.1, 0.15) is 0 Å². The van der Waals surface area contributed by atoms with Crippen LogP contribution in [-0.2, 0) is 22.4 Å². The van der Waals surface area contributed by atoms with E-state index in [0.717, 1.165) is 5.56 Å². The van der Waals surface area contributed by atoms with Crippen molar-refractivity contribution in [1.82, 2.24) is 0 Å². The van der Waals surface area contributed by atoms with Gasteiger partial charge in [0.2, 0.25) is 5.75 Å². The molecule has 0 aliphatic carbocycles. The summed E-state index contributed by atoms with van der Waals surface area (Å²) in [4.78, 5) is 12.2. The maximum absolute atomic E-state index is 12.2. The van der Waals surface area contributed by atoms with Gasteiger partial charge in [0, 0.05) is 5.92 Å². The van der Waals surface area contributed by atoms with Crippen LogP contribution in [0.15, 0.2) is 30.3 Å². The zero-order valence-corrected chi connectivity index (χ0v) is 15.1. The van der Waals surface area contributed by atoms with Crippen LogP contribution in [0.1, 0.15) is 11.1 Å². The standard InChI is InChI=1S/C20H22O7/c1-25-17-8-11(3-4-15(17)21)5-13-10-27-20(24)14(13)6-12-7-16(22)19(23)18(9-12)26-2/h3-4,7-9,13-14,21-23H,5-6,10H2,1-2H3/t13-,14-/m1/s1. The van der Waals surface area contributed by atoms with E-state index in [1.54, 1.807) is 24.3 Å². The number of carbonyl (C=O) groups excluding carboxylic acids is 1. The number of carbonyl (C=O) groups is 1. The molecule has 7 heteroatoms. The smallest absolute Gasteiger partial charge is 0.309 e. The van der Waals surface area contributed by atoms with Crippen LogP contribution in [0.5, 0.6) is 28.7 Å². The lowest BCUT2D eigenvalue weighted by Gasteiger charge is -2.17. The molecule has 0 bridgehead atoms. The summed E-state index contributed by atoms with van der Waals surface area (Å²) in [5.41, 5.74) is 1.59. The minimum absolute atomic E-state index is 0.0585. The van der Waals surface area contributed by atoms with Crippen LogP contribution in [0, 0.1) is 11.8 Å². The Morgan fingerprint density at radius 3 is 2.37 bits per heavy atom. The highest BCUT2D eigenvalue weighted by Gasteiger charge is 2.37. The van der Waals surface area contributed by atoms with E-state index in [0.29, 0.717) is 30.8 Å². The summed E-state index contributed by atoms with van der Waals surface area (Å²) in [5.74, 6) is -0.787. The first-order valence-corrected chi connectivity index (χ1v) is 8.54. The van der Waals surface area contributed by atoms with E-state index in [4.69, 9.17) is 14.2 Å². The molecule has 0 saturated carbocycles. The van der Waals surface area contributed by atoms with Gasteiger partial charge in [-0.15, -0.1) is 0 Å². The largest absolute Gasteiger partial charge is 0.504 e. The van der Waals surface area contributed by atoms with Crippen LogP contribution in [0.2, 0.25) is 0 Å². The molecule has 1 aliphatic heterocycles. The Kier molecular flexibility index (Phi) is 5.30. The average molecular weight is 374 g/mol. The fraction of sp³-hybridized carbons (Fsp3) is 0.350. The lowest BCUT2D eigenvalue weighted by molar-refractivity contribution is -0.141. The van der Waals surface area contributed by atoms with Gasteiger partial charge < -0.3 is 29.5 Å². The zero-order valence-electron chi connectivity index (χ0n) is 15.1. The number of esters is 1. The topological polar surface area (TPSA) is 105 Å². The van der Waals surface area contributed by atoms with Crippen molar-refractivity contribution < 1.29 is 34.3 Å². The number of benzene rings is 2. The summed E-state index contributed by atoms with van der Waals surface area (Å²) in [5, 5.41) is 29.3. The van der Waals surface area contributed by atoms with E-state index in [1.807, 2.05) is 0 Å². The third kappa shape index (κ3) is 3.86. The minimum atomic E-state index is -0.390. The third-order valence-electron chi connectivity index (χ3n) is 4.84. The predicted octanol–water partition coefficient (Wildman–Crippen LogP) is 2.40. The highest BCUT2D eigenvalue weighted by Crippen LogP contribution is 2.38. The fourth-order valence-electron chi connectivity index (χ4n) is 3.38. The Hall–Kier alpha value is -3.09. The quantitative estimate of drug-likeness (QED) is 0.527. The average Bonchev–Trinajstić information content (AvgIpc) is 2.99. The van der Waals surface area contributed by atoms with E-state index in [2.05, 4.69) is 0 Å². The van der Waals surface area contributed by atoms with Gasteiger partial charge in [-0.1, -0.05) is 6.07 Å². The molecule has 1 saturated heterocycles. The molecule has 2 aromatic rings. The Morgan fingerprint density at radius 2 is 1.67 bits per heavy atom. The lowest BCUT2D eigenvalue weighted by atomic mass is 9.85. The van der Waals surface area contributed by atoms with Crippen molar-refractivity contribution >= 4 is 5.97 Å². The van der Waals surface area contributed by atoms with Gasteiger partial charge in [-0.05, 0) is 48.2 Å². The molecule has 2 atom stereocenters. The van der Waals surface area contributed by atoms with Crippen LogP contribution in [0.4, 0.5) is 0 Å². The Morgan fingerprint density at radius 1 is 0.963 bits per heavy atom. The number of hydrogen-bond acceptors (Lipinski definition) is 7. The molecule has 0 unspecified atom stereocenters. The van der Waals surface area contributed by atoms with Crippen molar-refractivity contribution in [2.75, 3.05) is 20.8 Å². The van der Waals surface area contributed by atoms with Gasteiger partial charge in [-0.25, -0.2) is 0 Å². The Labute approximate surface area is 156 Å². The maximum atomic E-state index is 12.2. The van der Waals surface area contributed by atoms with Gasteiger partial charge in [-0.2, -0.15) is 0 Å². The summed E-state index contributed by atoms with van der Waals surface area (Å²) in [6.07, 6.45) is 0.928. The summed E-state index contributed by atoms with van der Waals surface area (Å²) in [7, 11) is 2.87. The second-order valence-electron chi connectivity index (χ2n) is 6.58. The number of ether oxygens (including phenoxy) is 3. The number of phenols is 3. The highest BCUT2D eigenvalue weighted by molar-refractivity contribution is 5.75. The molecule has 27 heavy (non-hydrogen) atoms. The van der Waals surface area contributed by atoms with Crippen molar-refractivity contribution in [2.45, 2.75) is 12.8 Å². The molecular formula is C20H22O7. The van der Waals surface area contributed by atoms with Crippen LogP contribution in [-0.4, -0.2) is 42.1 Å². The molecule has 3 N–H and O–H groups in total. The number of rotatable bonds is 6. The van der Waals surface area contributed by atoms with E-state index < -0.39 is 5.92 Å². The van der Waals surface area contributed by atoms with Crippen molar-refractivity contribution in [3.8, 4) is 28.7 Å². The van der Waals surface area contributed by atoms with Crippen LogP contribution >= 0.6 is 0 Å². The second-order valence-corrected chi connectivity index (χ2v) is 6.58. The Balaban J connectivity index is 1.80. The van der Waals surface area contributed by atoms with Gasteiger partial charge in [-0.3, -0.25) is 4.79 Å². The number of hydrogen-bond donors (Lipinski definition) is 3. The minimum Gasteiger partial charge on any atom is -0.504 e. The summed E-state index contributed by atoms with van der Waals surface area (Å²) in [6.45, 7) is 0.299. The zero-order chi connectivity index (χ0) is 19.6. The summed E-state index contributed by atoms with van der Waals surface area (Å²) >= 11 is 0. The fourth-order valence-corrected chi connectivity index (χ4v) is 3.38. The van der Waals surface area contributed by atoms with Crippen molar-refractivity contribution in [2.24, 2.45) is 11.8 Å². The molecule has 0 amide bonds. The van der Waals surface area contributed by atoms with E-state index in [9.17, 15) is 20.1 Å². The van der Waals surface area contributed by atoms with Gasteiger partial charge in [0.25, 0.3) is 0 Å². The number of aromatic hydroxyl groups is 3. The molecule has 0 spiro atoms. The van der Waals surface area contributed by atoms with Crippen molar-refractivity contribution in [3.63, 3.8) is 0 Å². The van der Waals surface area contributed by atoms with E-state index in [-0.39, 0.29) is 34.9 Å². The normalized spacial score (nSPS) is 19.0. The molecule has 1 aliphatic rings. The monoisotopic (exact) mass is 374 g/mol. The first-order valence-electron chi connectivity index (χ1n) is 8.54. The highest BCUT2D eigenvalue weighted by atomic mass is 16.5. The van der Waals surface area contributed by atoms with Gasteiger partial charge in [0.15, 0.2) is 23.0 Å². The molecule has 1 heterocycles. The summed E-state index contributed by atoms with van der Waals surface area (Å²) in [6, 6.07) is 8.10. The molecule has 0 radical (unpaired) electrons. The molecular weight excluding hydrogens is 352 g/mol. The number of methoxy groups -OCH3 is 2. The maximum Gasteiger partial charge on any atom is 0.309 e. The first kappa shape index (κ1) is 18.7. The van der Waals surface area contributed by atoms with Crippen LogP contribution in [0.3, 0.4) is 0 Å². The van der Waals surface area contributed by atoms with Gasteiger partial charge in [0.05, 0.1) is 26.7 Å². The van der Waals surface area contributed by atoms with Gasteiger partial charge >= 0.3 is 5.97 Å². The molecule has 144 valence electrons. The number of phenolic OH excluding ortho intramolecular Hbond substituents is 3. The molecule has 3 rings (SSSR count). The molecule has 0 aromatic heterocycles. The van der Waals surface area contributed by atoms with Crippen LogP contribution in [0.25, 0.3) is 0 Å². The lowest BCUT2D eigenvalue weighted by Crippen LogP contribution is -2.20. The van der Waals surface area contributed by atoms with Crippen molar-refractivity contribution in [1.29, 1.82) is 0 Å². The Bertz CT molecular complexity index is 846. The SMILES string of the molecule is COc1cc(C[C@@H]2COC(=O)[C@@H]2Cc2cc(O)c(O)c(OC)c2)ccc1O. The van der Waals surface area contributed by atoms with Crippen LogP contribution < -0.4 is 9.47 Å². The van der Waals surface area contributed by atoms with Crippen molar-refractivity contribution in [3.05, 3.63) is 41.5 Å². The van der Waals surface area contributed by atoms with E-state index in [1.165, 1.54) is 20.3 Å². The molecule has 7 nitrogen and oxygen atoms in total. The predicted molar refractivity (Wildman–Crippen MR) is 96.3 cm³/mol. The van der Waals surface area contributed by atoms with E-state index >= 15 is 0 Å². The number of cyclic esters (lactones) is 1.